The van der Waals surface area contributed by atoms with Gasteiger partial charge >= 0.3 is 0 Å². The maximum Gasteiger partial charge on any atom is 0.269 e. The van der Waals surface area contributed by atoms with E-state index in [0.29, 0.717) is 41.0 Å². The molecule has 0 aliphatic carbocycles. The number of aryl methyl sites for hydroxylation is 1. The van der Waals surface area contributed by atoms with Gasteiger partial charge < -0.3 is 28.7 Å². The maximum absolute atomic E-state index is 12.7. The van der Waals surface area contributed by atoms with E-state index in [0.717, 1.165) is 43.4 Å². The van der Waals surface area contributed by atoms with Crippen molar-refractivity contribution in [1.29, 1.82) is 0 Å². The minimum Gasteiger partial charge on any atom is -0.616 e. The van der Waals surface area contributed by atoms with Gasteiger partial charge in [0.2, 0.25) is 5.89 Å². The lowest BCUT2D eigenvalue weighted by Gasteiger charge is -2.36. The van der Waals surface area contributed by atoms with E-state index >= 15 is 0 Å². The highest BCUT2D eigenvalue weighted by Gasteiger charge is 2.21. The number of amides is 1. The highest BCUT2D eigenvalue weighted by Crippen LogP contribution is 2.32. The normalized spacial score (nSPS) is 14.8. The average molecular weight is 561 g/mol. The summed E-state index contributed by atoms with van der Waals surface area (Å²) in [6.07, 6.45) is 0. The molecule has 1 saturated heterocycles. The van der Waals surface area contributed by atoms with Crippen LogP contribution in [0, 0.1) is 6.92 Å². The standard InChI is InChI=1S/C27H33ClN4O5S/c1-19-23(30-27(37-19)20-7-8-24(35-2)25(15-20)36-3)17-38(34)18-26(33)29-9-10-31-11-13-32(14-12-31)22-6-4-5-21(28)16-22/h4-8,15-16H,9-14,17-18H2,1-3H3,(H,29,33). The fourth-order valence-corrected chi connectivity index (χ4v) is 5.57. The van der Waals surface area contributed by atoms with Gasteiger partial charge in [0.05, 0.1) is 14.2 Å². The van der Waals surface area contributed by atoms with E-state index in [1.54, 1.807) is 33.3 Å². The summed E-state index contributed by atoms with van der Waals surface area (Å²) in [7, 11) is 3.13. The van der Waals surface area contributed by atoms with Crippen molar-refractivity contribution in [2.75, 3.05) is 64.1 Å². The lowest BCUT2D eigenvalue weighted by Crippen LogP contribution is -2.48. The molecule has 0 radical (unpaired) electrons. The second kappa shape index (κ2) is 13.2. The van der Waals surface area contributed by atoms with Gasteiger partial charge in [-0.15, -0.1) is 0 Å². The van der Waals surface area contributed by atoms with Gasteiger partial charge in [-0.25, -0.2) is 4.98 Å². The number of benzene rings is 2. The molecule has 4 rings (SSSR count). The third-order valence-electron chi connectivity index (χ3n) is 6.41. The van der Waals surface area contributed by atoms with Gasteiger partial charge in [-0.05, 0) is 54.5 Å². The summed E-state index contributed by atoms with van der Waals surface area (Å²) >= 11 is 4.70. The Morgan fingerprint density at radius 3 is 2.61 bits per heavy atom. The summed E-state index contributed by atoms with van der Waals surface area (Å²) < 4.78 is 29.1. The molecule has 38 heavy (non-hydrogen) atoms. The summed E-state index contributed by atoms with van der Waals surface area (Å²) in [4.78, 5) is 21.5. The van der Waals surface area contributed by atoms with Crippen LogP contribution in [-0.2, 0) is 21.7 Å². The number of carbonyl (C=O) groups is 1. The van der Waals surface area contributed by atoms with Crippen molar-refractivity contribution in [3.05, 3.63) is 58.9 Å². The summed E-state index contributed by atoms with van der Waals surface area (Å²) in [6.45, 7) is 6.65. The van der Waals surface area contributed by atoms with Crippen LogP contribution >= 0.6 is 11.6 Å². The molecule has 2 heterocycles. The lowest BCUT2D eigenvalue weighted by molar-refractivity contribution is -0.118. The van der Waals surface area contributed by atoms with Crippen molar-refractivity contribution in [2.45, 2.75) is 12.7 Å². The Morgan fingerprint density at radius 1 is 1.13 bits per heavy atom. The first-order valence-electron chi connectivity index (χ1n) is 12.4. The molecular formula is C27H33ClN4O5S. The summed E-state index contributed by atoms with van der Waals surface area (Å²) in [5.41, 5.74) is 2.42. The van der Waals surface area contributed by atoms with Gasteiger partial charge in [-0.1, -0.05) is 17.7 Å². The van der Waals surface area contributed by atoms with Crippen LogP contribution < -0.4 is 19.7 Å². The number of anilines is 1. The van der Waals surface area contributed by atoms with Crippen molar-refractivity contribution in [3.63, 3.8) is 0 Å². The van der Waals surface area contributed by atoms with Gasteiger partial charge in [0, 0.05) is 55.5 Å². The monoisotopic (exact) mass is 560 g/mol. The van der Waals surface area contributed by atoms with E-state index < -0.39 is 11.2 Å². The summed E-state index contributed by atoms with van der Waals surface area (Å²) in [5.74, 6) is 1.96. The van der Waals surface area contributed by atoms with E-state index in [-0.39, 0.29) is 17.4 Å². The summed E-state index contributed by atoms with van der Waals surface area (Å²) in [5, 5.41) is 3.63. The number of carbonyl (C=O) groups excluding carboxylic acids is 1. The molecule has 2 aromatic carbocycles. The summed E-state index contributed by atoms with van der Waals surface area (Å²) in [6, 6.07) is 13.3. The van der Waals surface area contributed by atoms with Crippen LogP contribution in [0.1, 0.15) is 11.5 Å². The zero-order valence-corrected chi connectivity index (χ0v) is 23.4. The number of hydrogen-bond donors (Lipinski definition) is 1. The number of methoxy groups -OCH3 is 2. The second-order valence-corrected chi connectivity index (χ2v) is 10.9. The number of hydrogen-bond acceptors (Lipinski definition) is 8. The highest BCUT2D eigenvalue weighted by molar-refractivity contribution is 7.91. The molecule has 0 bridgehead atoms. The van der Waals surface area contributed by atoms with Crippen molar-refractivity contribution in [3.8, 4) is 23.0 Å². The fraction of sp³-hybridized carbons (Fsp3) is 0.407. The minimum atomic E-state index is -1.41. The third kappa shape index (κ3) is 7.35. The van der Waals surface area contributed by atoms with Crippen LogP contribution in [-0.4, -0.2) is 79.6 Å². The van der Waals surface area contributed by atoms with Crippen molar-refractivity contribution < 1.29 is 23.2 Å². The first kappa shape index (κ1) is 28.1. The number of ether oxygens (including phenoxy) is 2. The van der Waals surface area contributed by atoms with E-state index in [1.807, 2.05) is 24.3 Å². The Labute approximate surface area is 231 Å². The zero-order chi connectivity index (χ0) is 27.1. The highest BCUT2D eigenvalue weighted by atomic mass is 35.5. The van der Waals surface area contributed by atoms with Crippen LogP contribution in [0.4, 0.5) is 5.69 Å². The Morgan fingerprint density at radius 2 is 1.89 bits per heavy atom. The predicted octanol–water partition coefficient (Wildman–Crippen LogP) is 3.51. The van der Waals surface area contributed by atoms with Crippen LogP contribution in [0.5, 0.6) is 11.5 Å². The predicted molar refractivity (Wildman–Crippen MR) is 150 cm³/mol. The number of nitrogens with one attached hydrogen (secondary N) is 1. The SMILES string of the molecule is COc1ccc(-c2nc(C[S+]([O-])CC(=O)NCCN3CCN(c4cccc(Cl)c4)CC3)c(C)o2)cc1OC. The minimum absolute atomic E-state index is 0.0828. The van der Waals surface area contributed by atoms with E-state index in [4.69, 9.17) is 25.5 Å². The first-order chi connectivity index (χ1) is 18.4. The molecule has 11 heteroatoms. The third-order valence-corrected chi connectivity index (χ3v) is 7.82. The quantitative estimate of drug-likeness (QED) is 0.355. The molecule has 204 valence electrons. The van der Waals surface area contributed by atoms with Gasteiger partial charge in [-0.2, -0.15) is 0 Å². The van der Waals surface area contributed by atoms with Gasteiger partial charge in [0.1, 0.15) is 11.5 Å². The lowest BCUT2D eigenvalue weighted by atomic mass is 10.2. The first-order valence-corrected chi connectivity index (χ1v) is 14.3. The molecule has 0 spiro atoms. The van der Waals surface area contributed by atoms with Crippen LogP contribution in [0.2, 0.25) is 5.02 Å². The number of aromatic nitrogens is 1. The second-order valence-electron chi connectivity index (χ2n) is 8.98. The van der Waals surface area contributed by atoms with E-state index in [1.165, 1.54) is 0 Å². The molecule has 0 saturated carbocycles. The van der Waals surface area contributed by atoms with Crippen LogP contribution in [0.15, 0.2) is 46.9 Å². The van der Waals surface area contributed by atoms with Gasteiger partial charge in [0.25, 0.3) is 5.91 Å². The Kier molecular flexibility index (Phi) is 9.79. The molecule has 1 unspecified atom stereocenters. The maximum atomic E-state index is 12.7. The van der Waals surface area contributed by atoms with Gasteiger partial charge in [0.15, 0.2) is 23.0 Å². The van der Waals surface area contributed by atoms with E-state index in [2.05, 4.69) is 26.2 Å². The van der Waals surface area contributed by atoms with E-state index in [9.17, 15) is 9.35 Å². The molecule has 9 nitrogen and oxygen atoms in total. The number of oxazole rings is 1. The van der Waals surface area contributed by atoms with Crippen molar-refractivity contribution in [2.24, 2.45) is 0 Å². The average Bonchev–Trinajstić information content (AvgIpc) is 3.28. The van der Waals surface area contributed by atoms with Crippen LogP contribution in [0.3, 0.4) is 0 Å². The van der Waals surface area contributed by atoms with Crippen molar-refractivity contribution >= 4 is 34.4 Å². The molecule has 1 atom stereocenters. The smallest absolute Gasteiger partial charge is 0.269 e. The molecular weight excluding hydrogens is 528 g/mol. The molecule has 1 aromatic heterocycles. The molecule has 1 amide bonds. The number of halogens is 1. The number of rotatable bonds is 11. The fourth-order valence-electron chi connectivity index (χ4n) is 4.31. The molecule has 3 aromatic rings. The Balaban J connectivity index is 1.20. The number of nitrogens with zero attached hydrogens (tertiary/aromatic N) is 3. The number of piperazine rings is 1. The Bertz CT molecular complexity index is 1230. The van der Waals surface area contributed by atoms with Gasteiger partial charge in [-0.3, -0.25) is 9.69 Å². The molecule has 1 aliphatic heterocycles. The molecule has 1 aliphatic rings. The van der Waals surface area contributed by atoms with Crippen LogP contribution in [0.25, 0.3) is 11.5 Å². The molecule has 1 fully saturated rings. The Hall–Kier alpha value is -2.92. The largest absolute Gasteiger partial charge is 0.616 e. The topological polar surface area (TPSA) is 103 Å². The van der Waals surface area contributed by atoms with Crippen molar-refractivity contribution in [1.82, 2.24) is 15.2 Å². The zero-order valence-electron chi connectivity index (χ0n) is 21.9. The molecule has 1 N–H and O–H groups in total.